The number of anilines is 1. The molecule has 1 aliphatic rings. The molecule has 9 heteroatoms. The molecule has 1 aromatic heterocycles. The lowest BCUT2D eigenvalue weighted by molar-refractivity contribution is 0.408. The van der Waals surface area contributed by atoms with E-state index in [1.165, 1.54) is 0 Å². The molecule has 0 atom stereocenters. The molecule has 1 aliphatic heterocycles. The Bertz CT molecular complexity index is 760. The molecule has 2 aromatic rings. The highest BCUT2D eigenvalue weighted by Crippen LogP contribution is 2.33. The Kier molecular flexibility index (Phi) is 3.58. The van der Waals surface area contributed by atoms with Gasteiger partial charge in [-0.15, -0.1) is 5.10 Å². The van der Waals surface area contributed by atoms with Gasteiger partial charge in [0.05, 0.1) is 28.3 Å². The second-order valence-electron chi connectivity index (χ2n) is 5.04. The van der Waals surface area contributed by atoms with Gasteiger partial charge in [-0.25, -0.2) is 13.1 Å². The zero-order valence-electron chi connectivity index (χ0n) is 11.1. The summed E-state index contributed by atoms with van der Waals surface area (Å²) in [4.78, 5) is 0. The molecule has 0 unspecified atom stereocenters. The molecule has 2 heterocycles. The van der Waals surface area contributed by atoms with Crippen molar-refractivity contribution in [1.82, 2.24) is 20.2 Å². The van der Waals surface area contributed by atoms with Gasteiger partial charge in [-0.1, -0.05) is 17.7 Å². The Morgan fingerprint density at radius 2 is 2.00 bits per heavy atom. The highest BCUT2D eigenvalue weighted by Gasteiger charge is 2.28. The minimum absolute atomic E-state index is 0.0453. The zero-order valence-corrected chi connectivity index (χ0v) is 12.7. The molecule has 1 aromatic carbocycles. The van der Waals surface area contributed by atoms with Gasteiger partial charge in [0.1, 0.15) is 9.84 Å². The normalized spacial score (nSPS) is 18.7. The third-order valence-corrected chi connectivity index (χ3v) is 5.77. The number of tetrazole rings is 1. The smallest absolute Gasteiger partial charge is 0.183 e. The summed E-state index contributed by atoms with van der Waals surface area (Å²) in [5.74, 6) is 0.820. The summed E-state index contributed by atoms with van der Waals surface area (Å²) < 4.78 is 24.7. The lowest BCUT2D eigenvalue weighted by Crippen LogP contribution is -2.26. The first-order chi connectivity index (χ1) is 9.98. The number of benzene rings is 1. The molecular weight excluding hydrogens is 314 g/mol. The Hall–Kier alpha value is -1.67. The van der Waals surface area contributed by atoms with Crippen molar-refractivity contribution in [2.75, 3.05) is 17.2 Å². The molecule has 7 nitrogen and oxygen atoms in total. The van der Waals surface area contributed by atoms with Gasteiger partial charge in [0, 0.05) is 5.56 Å². The Morgan fingerprint density at radius 3 is 2.71 bits per heavy atom. The van der Waals surface area contributed by atoms with E-state index in [1.807, 2.05) is 0 Å². The van der Waals surface area contributed by atoms with Crippen LogP contribution in [0.15, 0.2) is 18.2 Å². The summed E-state index contributed by atoms with van der Waals surface area (Å²) >= 11 is 6.21. The minimum atomic E-state index is -2.93. The summed E-state index contributed by atoms with van der Waals surface area (Å²) in [7, 11) is -2.93. The fourth-order valence-electron chi connectivity index (χ4n) is 2.46. The Labute approximate surface area is 127 Å². The van der Waals surface area contributed by atoms with Crippen molar-refractivity contribution in [3.63, 3.8) is 0 Å². The second-order valence-corrected chi connectivity index (χ2v) is 7.72. The van der Waals surface area contributed by atoms with Crippen LogP contribution in [-0.4, -0.2) is 40.1 Å². The molecule has 112 valence electrons. The molecule has 0 aliphatic carbocycles. The molecule has 0 radical (unpaired) electrons. The minimum Gasteiger partial charge on any atom is -0.398 e. The summed E-state index contributed by atoms with van der Waals surface area (Å²) in [5.41, 5.74) is 6.90. The van der Waals surface area contributed by atoms with Crippen molar-refractivity contribution in [2.24, 2.45) is 0 Å². The van der Waals surface area contributed by atoms with Crippen LogP contribution in [0.3, 0.4) is 0 Å². The first-order valence-electron chi connectivity index (χ1n) is 6.50. The van der Waals surface area contributed by atoms with Gasteiger partial charge in [0.2, 0.25) is 0 Å². The lowest BCUT2D eigenvalue weighted by atomic mass is 10.1. The van der Waals surface area contributed by atoms with Crippen molar-refractivity contribution >= 4 is 27.1 Å². The molecule has 0 bridgehead atoms. The van der Waals surface area contributed by atoms with E-state index in [9.17, 15) is 8.42 Å². The van der Waals surface area contributed by atoms with Crippen LogP contribution in [0.2, 0.25) is 5.02 Å². The van der Waals surface area contributed by atoms with Gasteiger partial charge in [0.25, 0.3) is 0 Å². The number of hydrogen-bond acceptors (Lipinski definition) is 6. The molecule has 1 fully saturated rings. The molecular formula is C12H14ClN5O2S. The number of hydrogen-bond donors (Lipinski definition) is 1. The number of nitrogens with two attached hydrogens (primary N) is 1. The maximum absolute atomic E-state index is 11.5. The second kappa shape index (κ2) is 5.27. The summed E-state index contributed by atoms with van der Waals surface area (Å²) in [6.45, 7) is 0. The molecule has 3 rings (SSSR count). The van der Waals surface area contributed by atoms with E-state index in [-0.39, 0.29) is 17.5 Å². The van der Waals surface area contributed by atoms with Gasteiger partial charge in [0.15, 0.2) is 5.82 Å². The first kappa shape index (κ1) is 14.3. The van der Waals surface area contributed by atoms with Crippen LogP contribution in [0.5, 0.6) is 0 Å². The van der Waals surface area contributed by atoms with E-state index in [1.54, 1.807) is 22.9 Å². The fourth-order valence-corrected chi connectivity index (χ4v) is 4.14. The van der Waals surface area contributed by atoms with Crippen molar-refractivity contribution in [3.05, 3.63) is 23.2 Å². The van der Waals surface area contributed by atoms with E-state index in [4.69, 9.17) is 17.3 Å². The molecule has 0 spiro atoms. The van der Waals surface area contributed by atoms with Gasteiger partial charge >= 0.3 is 0 Å². The van der Waals surface area contributed by atoms with Crippen molar-refractivity contribution in [1.29, 1.82) is 0 Å². The predicted molar refractivity (Wildman–Crippen MR) is 79.6 cm³/mol. The average Bonchev–Trinajstić information content (AvgIpc) is 2.91. The summed E-state index contributed by atoms with van der Waals surface area (Å²) in [6, 6.07) is 5.23. The third kappa shape index (κ3) is 2.73. The highest BCUT2D eigenvalue weighted by molar-refractivity contribution is 7.91. The first-order valence-corrected chi connectivity index (χ1v) is 8.70. The van der Waals surface area contributed by atoms with Crippen LogP contribution in [0.4, 0.5) is 5.69 Å². The van der Waals surface area contributed by atoms with E-state index in [2.05, 4.69) is 15.5 Å². The fraction of sp³-hybridized carbons (Fsp3) is 0.417. The van der Waals surface area contributed by atoms with E-state index in [0.717, 1.165) is 0 Å². The molecule has 1 saturated heterocycles. The summed E-state index contributed by atoms with van der Waals surface area (Å²) in [5, 5.41) is 12.1. The van der Waals surface area contributed by atoms with Crippen LogP contribution in [0.1, 0.15) is 18.9 Å². The largest absolute Gasteiger partial charge is 0.398 e. The van der Waals surface area contributed by atoms with Crippen molar-refractivity contribution < 1.29 is 8.42 Å². The number of rotatable bonds is 2. The maximum atomic E-state index is 11.5. The third-order valence-electron chi connectivity index (χ3n) is 3.63. The van der Waals surface area contributed by atoms with Crippen LogP contribution in [0, 0.1) is 0 Å². The SMILES string of the molecule is Nc1cccc(-c2nnnn2C2CCS(=O)(=O)CC2)c1Cl. The zero-order chi connectivity index (χ0) is 15.0. The number of aromatic nitrogens is 4. The van der Waals surface area contributed by atoms with Crippen molar-refractivity contribution in [2.45, 2.75) is 18.9 Å². The number of nitrogens with zero attached hydrogens (tertiary/aromatic N) is 4. The lowest BCUT2D eigenvalue weighted by Gasteiger charge is -2.22. The van der Waals surface area contributed by atoms with Crippen LogP contribution >= 0.6 is 11.6 Å². The topological polar surface area (TPSA) is 104 Å². The van der Waals surface area contributed by atoms with Gasteiger partial charge in [-0.2, -0.15) is 0 Å². The standard InChI is InChI=1S/C12H14ClN5O2S/c13-11-9(2-1-3-10(11)14)12-15-16-17-18(12)8-4-6-21(19,20)7-5-8/h1-3,8H,4-7,14H2. The van der Waals surface area contributed by atoms with E-state index in [0.29, 0.717) is 34.9 Å². The number of halogens is 1. The van der Waals surface area contributed by atoms with Crippen molar-refractivity contribution in [3.8, 4) is 11.4 Å². The number of sulfone groups is 1. The number of nitrogen functional groups attached to an aromatic ring is 1. The van der Waals surface area contributed by atoms with Crippen LogP contribution < -0.4 is 5.73 Å². The van der Waals surface area contributed by atoms with Gasteiger partial charge < -0.3 is 5.73 Å². The van der Waals surface area contributed by atoms with E-state index < -0.39 is 9.84 Å². The maximum Gasteiger partial charge on any atom is 0.183 e. The molecule has 21 heavy (non-hydrogen) atoms. The predicted octanol–water partition coefficient (Wildman–Crippen LogP) is 1.33. The average molecular weight is 328 g/mol. The van der Waals surface area contributed by atoms with Crippen LogP contribution in [-0.2, 0) is 9.84 Å². The summed E-state index contributed by atoms with van der Waals surface area (Å²) in [6.07, 6.45) is 1.00. The van der Waals surface area contributed by atoms with Gasteiger partial charge in [-0.3, -0.25) is 0 Å². The quantitative estimate of drug-likeness (QED) is 0.834. The molecule has 0 amide bonds. The molecule has 0 saturated carbocycles. The Morgan fingerprint density at radius 1 is 1.29 bits per heavy atom. The van der Waals surface area contributed by atoms with Gasteiger partial charge in [-0.05, 0) is 35.4 Å². The molecule has 2 N–H and O–H groups in total. The van der Waals surface area contributed by atoms with Crippen LogP contribution in [0.25, 0.3) is 11.4 Å². The monoisotopic (exact) mass is 327 g/mol. The highest BCUT2D eigenvalue weighted by atomic mass is 35.5. The van der Waals surface area contributed by atoms with E-state index >= 15 is 0 Å². The Balaban J connectivity index is 1.97.